The fraction of sp³-hybridized carbons (Fsp3) is 0.455. The van der Waals surface area contributed by atoms with Gasteiger partial charge in [-0.2, -0.15) is 13.2 Å². The summed E-state index contributed by atoms with van der Waals surface area (Å²) in [5.74, 6) is -0.217. The highest BCUT2D eigenvalue weighted by Gasteiger charge is 2.39. The SMILES string of the molecule is CC(c1c(Cl)cccc1C(F)(F)F)C1CN1. The Bertz CT molecular complexity index is 399. The lowest BCUT2D eigenvalue weighted by atomic mass is 9.92. The molecule has 1 heterocycles. The predicted molar refractivity (Wildman–Crippen MR) is 56.7 cm³/mol. The molecule has 0 bridgehead atoms. The zero-order chi connectivity index (χ0) is 11.9. The van der Waals surface area contributed by atoms with E-state index in [1.807, 2.05) is 0 Å². The second-order valence-corrected chi connectivity index (χ2v) is 4.41. The molecule has 0 amide bonds. The highest BCUT2D eigenvalue weighted by Crippen LogP contribution is 2.40. The van der Waals surface area contributed by atoms with E-state index >= 15 is 0 Å². The Hall–Kier alpha value is -0.740. The average molecular weight is 250 g/mol. The van der Waals surface area contributed by atoms with Crippen molar-refractivity contribution in [3.05, 3.63) is 34.3 Å². The molecular weight excluding hydrogens is 239 g/mol. The van der Waals surface area contributed by atoms with Gasteiger partial charge in [-0.1, -0.05) is 24.6 Å². The van der Waals surface area contributed by atoms with Gasteiger partial charge in [0.25, 0.3) is 0 Å². The van der Waals surface area contributed by atoms with E-state index in [1.165, 1.54) is 12.1 Å². The van der Waals surface area contributed by atoms with Crippen molar-refractivity contribution in [2.45, 2.75) is 25.1 Å². The van der Waals surface area contributed by atoms with E-state index in [1.54, 1.807) is 6.92 Å². The Morgan fingerprint density at radius 3 is 2.56 bits per heavy atom. The molecule has 1 aliphatic heterocycles. The highest BCUT2D eigenvalue weighted by atomic mass is 35.5. The van der Waals surface area contributed by atoms with Crippen LogP contribution in [-0.4, -0.2) is 12.6 Å². The van der Waals surface area contributed by atoms with Crippen molar-refractivity contribution in [3.63, 3.8) is 0 Å². The second-order valence-electron chi connectivity index (χ2n) is 4.00. The minimum absolute atomic E-state index is 0.112. The minimum atomic E-state index is -4.34. The van der Waals surface area contributed by atoms with E-state index in [2.05, 4.69) is 5.32 Å². The van der Waals surface area contributed by atoms with Gasteiger partial charge in [0.05, 0.1) is 5.56 Å². The molecular formula is C11H11ClF3N. The third kappa shape index (κ3) is 2.18. The summed E-state index contributed by atoms with van der Waals surface area (Å²) in [4.78, 5) is 0. The molecule has 0 aliphatic carbocycles. The van der Waals surface area contributed by atoms with Crippen LogP contribution >= 0.6 is 11.6 Å². The Kier molecular flexibility index (Phi) is 2.88. The van der Waals surface area contributed by atoms with E-state index in [9.17, 15) is 13.2 Å². The van der Waals surface area contributed by atoms with Gasteiger partial charge in [-0.3, -0.25) is 0 Å². The molecule has 1 aromatic rings. The zero-order valence-electron chi connectivity index (χ0n) is 8.61. The molecule has 5 heteroatoms. The van der Waals surface area contributed by atoms with E-state index in [-0.39, 0.29) is 22.5 Å². The first kappa shape index (κ1) is 11.7. The molecule has 0 spiro atoms. The molecule has 1 aliphatic rings. The normalized spacial score (nSPS) is 21.9. The maximum absolute atomic E-state index is 12.8. The number of halogens is 4. The van der Waals surface area contributed by atoms with E-state index in [4.69, 9.17) is 11.6 Å². The Morgan fingerprint density at radius 1 is 1.44 bits per heavy atom. The summed E-state index contributed by atoms with van der Waals surface area (Å²) < 4.78 is 38.4. The van der Waals surface area contributed by atoms with Gasteiger partial charge in [-0.15, -0.1) is 0 Å². The molecule has 1 nitrogen and oxygen atoms in total. The standard InChI is InChI=1S/C11H11ClF3N/c1-6(9-5-16-9)10-7(11(13,14)15)3-2-4-8(10)12/h2-4,6,9,16H,5H2,1H3. The molecule has 88 valence electrons. The summed E-state index contributed by atoms with van der Waals surface area (Å²) in [5, 5.41) is 3.20. The van der Waals surface area contributed by atoms with Crippen molar-refractivity contribution in [2.75, 3.05) is 6.54 Å². The van der Waals surface area contributed by atoms with Crippen LogP contribution in [0, 0.1) is 0 Å². The van der Waals surface area contributed by atoms with Crippen molar-refractivity contribution in [1.29, 1.82) is 0 Å². The minimum Gasteiger partial charge on any atom is -0.311 e. The molecule has 16 heavy (non-hydrogen) atoms. The molecule has 1 fully saturated rings. The topological polar surface area (TPSA) is 21.9 Å². The Morgan fingerprint density at radius 2 is 2.06 bits per heavy atom. The predicted octanol–water partition coefficient (Wildman–Crippen LogP) is 3.43. The van der Waals surface area contributed by atoms with Crippen LogP contribution in [0.2, 0.25) is 5.02 Å². The molecule has 2 rings (SSSR count). The molecule has 2 unspecified atom stereocenters. The number of alkyl halides is 3. The molecule has 1 aromatic carbocycles. The fourth-order valence-corrected chi connectivity index (χ4v) is 2.22. The van der Waals surface area contributed by atoms with Crippen molar-refractivity contribution in [1.82, 2.24) is 5.32 Å². The summed E-state index contributed by atoms with van der Waals surface area (Å²) in [5.41, 5.74) is -0.423. The first-order chi connectivity index (χ1) is 7.41. The number of hydrogen-bond acceptors (Lipinski definition) is 1. The maximum Gasteiger partial charge on any atom is 0.416 e. The van der Waals surface area contributed by atoms with Crippen LogP contribution in [0.25, 0.3) is 0 Å². The molecule has 2 atom stereocenters. The van der Waals surface area contributed by atoms with Gasteiger partial charge >= 0.3 is 6.18 Å². The second kappa shape index (κ2) is 3.93. The van der Waals surface area contributed by atoms with Gasteiger partial charge in [0.2, 0.25) is 0 Å². The van der Waals surface area contributed by atoms with Crippen LogP contribution in [0.3, 0.4) is 0 Å². The van der Waals surface area contributed by atoms with E-state index in [0.29, 0.717) is 0 Å². The van der Waals surface area contributed by atoms with Crippen molar-refractivity contribution >= 4 is 11.6 Å². The lowest BCUT2D eigenvalue weighted by Crippen LogP contribution is -2.15. The smallest absolute Gasteiger partial charge is 0.311 e. The van der Waals surface area contributed by atoms with Crippen molar-refractivity contribution in [3.8, 4) is 0 Å². The van der Waals surface area contributed by atoms with Crippen LogP contribution in [0.5, 0.6) is 0 Å². The number of hydrogen-bond donors (Lipinski definition) is 1. The molecule has 0 saturated carbocycles. The Balaban J connectivity index is 2.48. The van der Waals surface area contributed by atoms with Gasteiger partial charge in [0, 0.05) is 17.6 Å². The van der Waals surface area contributed by atoms with Crippen LogP contribution in [-0.2, 0) is 6.18 Å². The first-order valence-electron chi connectivity index (χ1n) is 5.00. The number of nitrogens with one attached hydrogen (secondary N) is 1. The van der Waals surface area contributed by atoms with Crippen molar-refractivity contribution < 1.29 is 13.2 Å². The molecule has 0 radical (unpaired) electrons. The van der Waals surface area contributed by atoms with E-state index < -0.39 is 11.7 Å². The third-order valence-electron chi connectivity index (χ3n) is 2.86. The van der Waals surface area contributed by atoms with Gasteiger partial charge in [-0.05, 0) is 23.6 Å². The van der Waals surface area contributed by atoms with Crippen LogP contribution in [0.4, 0.5) is 13.2 Å². The van der Waals surface area contributed by atoms with Gasteiger partial charge in [0.15, 0.2) is 0 Å². The number of benzene rings is 1. The monoisotopic (exact) mass is 249 g/mol. The third-order valence-corrected chi connectivity index (χ3v) is 3.19. The fourth-order valence-electron chi connectivity index (χ4n) is 1.87. The highest BCUT2D eigenvalue weighted by molar-refractivity contribution is 6.31. The van der Waals surface area contributed by atoms with E-state index in [0.717, 1.165) is 12.6 Å². The molecule has 1 saturated heterocycles. The van der Waals surface area contributed by atoms with Gasteiger partial charge in [-0.25, -0.2) is 0 Å². The molecule has 0 aromatic heterocycles. The summed E-state index contributed by atoms with van der Waals surface area (Å²) in [6, 6.07) is 4.04. The van der Waals surface area contributed by atoms with Gasteiger partial charge < -0.3 is 5.32 Å². The summed E-state index contributed by atoms with van der Waals surface area (Å²) >= 11 is 5.87. The van der Waals surface area contributed by atoms with Crippen LogP contribution in [0.15, 0.2) is 18.2 Å². The lowest BCUT2D eigenvalue weighted by molar-refractivity contribution is -0.138. The average Bonchev–Trinajstić information content (AvgIpc) is 2.98. The van der Waals surface area contributed by atoms with Crippen molar-refractivity contribution in [2.24, 2.45) is 0 Å². The lowest BCUT2D eigenvalue weighted by Gasteiger charge is -2.18. The van der Waals surface area contributed by atoms with Crippen LogP contribution < -0.4 is 5.32 Å². The quantitative estimate of drug-likeness (QED) is 0.797. The summed E-state index contributed by atoms with van der Waals surface area (Å²) in [6.45, 7) is 2.52. The molecule has 1 N–H and O–H groups in total. The first-order valence-corrected chi connectivity index (χ1v) is 5.38. The Labute approximate surface area is 96.6 Å². The summed E-state index contributed by atoms with van der Waals surface area (Å²) in [6.07, 6.45) is -4.34. The zero-order valence-corrected chi connectivity index (χ0v) is 9.36. The van der Waals surface area contributed by atoms with Crippen LogP contribution in [0.1, 0.15) is 24.0 Å². The maximum atomic E-state index is 12.8. The number of rotatable bonds is 2. The summed E-state index contributed by atoms with van der Waals surface area (Å²) in [7, 11) is 0. The largest absolute Gasteiger partial charge is 0.416 e. The van der Waals surface area contributed by atoms with Gasteiger partial charge in [0.1, 0.15) is 0 Å².